The van der Waals surface area contributed by atoms with Gasteiger partial charge in [0.25, 0.3) is 5.91 Å². The van der Waals surface area contributed by atoms with Crippen LogP contribution in [0.1, 0.15) is 28.7 Å². The number of amides is 1. The van der Waals surface area contributed by atoms with Crippen LogP contribution in [0.5, 0.6) is 5.75 Å². The van der Waals surface area contributed by atoms with Crippen LogP contribution in [0.15, 0.2) is 59.8 Å². The van der Waals surface area contributed by atoms with Gasteiger partial charge >= 0.3 is 0 Å². The smallest absolute Gasteiger partial charge is 0.251 e. The molecule has 3 aromatic rings. The van der Waals surface area contributed by atoms with Crippen LogP contribution in [0.2, 0.25) is 0 Å². The molecule has 0 spiro atoms. The summed E-state index contributed by atoms with van der Waals surface area (Å²) in [4.78, 5) is 12.3. The second kappa shape index (κ2) is 9.23. The topological polar surface area (TPSA) is 69.0 Å². The van der Waals surface area contributed by atoms with E-state index >= 15 is 0 Å². The number of methoxy groups -OCH3 is 1. The zero-order chi connectivity index (χ0) is 19.1. The number of benzene rings is 2. The molecule has 0 aliphatic heterocycles. The lowest BCUT2D eigenvalue weighted by atomic mass is 10.2. The first-order valence-electron chi connectivity index (χ1n) is 8.72. The van der Waals surface area contributed by atoms with E-state index in [1.807, 2.05) is 29.7 Å². The predicted molar refractivity (Wildman–Crippen MR) is 106 cm³/mol. The SMILES string of the molecule is CCn1c(CNC(=O)c2ccc(OC)cc2)nnc1SCc1ccccc1. The molecule has 2 aromatic carbocycles. The van der Waals surface area contributed by atoms with E-state index in [1.165, 1.54) is 5.56 Å². The van der Waals surface area contributed by atoms with Gasteiger partial charge in [0, 0.05) is 17.9 Å². The fourth-order valence-electron chi connectivity index (χ4n) is 2.60. The number of nitrogens with one attached hydrogen (secondary N) is 1. The monoisotopic (exact) mass is 382 g/mol. The molecule has 1 heterocycles. The Labute approximate surface area is 163 Å². The number of ether oxygens (including phenoxy) is 1. The van der Waals surface area contributed by atoms with Crippen LogP contribution in [-0.2, 0) is 18.8 Å². The molecule has 0 fully saturated rings. The van der Waals surface area contributed by atoms with Gasteiger partial charge in [-0.15, -0.1) is 10.2 Å². The van der Waals surface area contributed by atoms with Gasteiger partial charge in [-0.1, -0.05) is 42.1 Å². The van der Waals surface area contributed by atoms with Crippen molar-refractivity contribution in [3.63, 3.8) is 0 Å². The van der Waals surface area contributed by atoms with E-state index in [4.69, 9.17) is 4.74 Å². The summed E-state index contributed by atoms with van der Waals surface area (Å²) in [5.41, 5.74) is 1.82. The number of thioether (sulfide) groups is 1. The molecule has 6 nitrogen and oxygen atoms in total. The molecule has 1 N–H and O–H groups in total. The Morgan fingerprint density at radius 3 is 2.52 bits per heavy atom. The van der Waals surface area contributed by atoms with Crippen LogP contribution >= 0.6 is 11.8 Å². The molecule has 27 heavy (non-hydrogen) atoms. The van der Waals surface area contributed by atoms with E-state index in [1.54, 1.807) is 43.1 Å². The average molecular weight is 382 g/mol. The molecule has 3 rings (SSSR count). The lowest BCUT2D eigenvalue weighted by Gasteiger charge is -2.09. The van der Waals surface area contributed by atoms with Crippen molar-refractivity contribution in [2.24, 2.45) is 0 Å². The van der Waals surface area contributed by atoms with Gasteiger partial charge in [-0.3, -0.25) is 4.79 Å². The number of carbonyl (C=O) groups is 1. The lowest BCUT2D eigenvalue weighted by molar-refractivity contribution is 0.0949. The van der Waals surface area contributed by atoms with Crippen LogP contribution in [0.25, 0.3) is 0 Å². The number of nitrogens with zero attached hydrogens (tertiary/aromatic N) is 3. The van der Waals surface area contributed by atoms with Crippen LogP contribution in [0, 0.1) is 0 Å². The molecule has 0 unspecified atom stereocenters. The van der Waals surface area contributed by atoms with Crippen molar-refractivity contribution in [2.45, 2.75) is 30.9 Å². The van der Waals surface area contributed by atoms with Crippen molar-refractivity contribution in [2.75, 3.05) is 7.11 Å². The highest BCUT2D eigenvalue weighted by Crippen LogP contribution is 2.22. The van der Waals surface area contributed by atoms with Gasteiger partial charge < -0.3 is 14.6 Å². The van der Waals surface area contributed by atoms with Crippen LogP contribution < -0.4 is 10.1 Å². The quantitative estimate of drug-likeness (QED) is 0.604. The number of rotatable bonds is 8. The summed E-state index contributed by atoms with van der Waals surface area (Å²) in [5.74, 6) is 2.14. The van der Waals surface area contributed by atoms with Crippen molar-refractivity contribution >= 4 is 17.7 Å². The average Bonchev–Trinajstić information content (AvgIpc) is 3.13. The molecule has 0 saturated heterocycles. The van der Waals surface area contributed by atoms with E-state index < -0.39 is 0 Å². The molecule has 1 aromatic heterocycles. The molecule has 1 amide bonds. The molecule has 0 bridgehead atoms. The Balaban J connectivity index is 1.61. The van der Waals surface area contributed by atoms with E-state index in [9.17, 15) is 4.79 Å². The van der Waals surface area contributed by atoms with Gasteiger partial charge in [-0.05, 0) is 36.8 Å². The summed E-state index contributed by atoms with van der Waals surface area (Å²) >= 11 is 1.64. The van der Waals surface area contributed by atoms with Crippen LogP contribution in [-0.4, -0.2) is 27.8 Å². The van der Waals surface area contributed by atoms with Crippen LogP contribution in [0.3, 0.4) is 0 Å². The largest absolute Gasteiger partial charge is 0.497 e. The van der Waals surface area contributed by atoms with Crippen LogP contribution in [0.4, 0.5) is 0 Å². The Bertz CT molecular complexity index is 879. The third-order valence-electron chi connectivity index (χ3n) is 4.08. The van der Waals surface area contributed by atoms with Crippen molar-refractivity contribution in [3.05, 3.63) is 71.5 Å². The van der Waals surface area contributed by atoms with E-state index in [0.29, 0.717) is 12.1 Å². The molecule has 0 aliphatic rings. The highest BCUT2D eigenvalue weighted by atomic mass is 32.2. The molecular weight excluding hydrogens is 360 g/mol. The second-order valence-electron chi connectivity index (χ2n) is 5.83. The van der Waals surface area contributed by atoms with Crippen molar-refractivity contribution in [1.29, 1.82) is 0 Å². The van der Waals surface area contributed by atoms with Gasteiger partial charge in [0.15, 0.2) is 11.0 Å². The number of carbonyl (C=O) groups excluding carboxylic acids is 1. The number of aromatic nitrogens is 3. The highest BCUT2D eigenvalue weighted by Gasteiger charge is 2.13. The molecule has 0 atom stereocenters. The fraction of sp³-hybridized carbons (Fsp3) is 0.250. The predicted octanol–water partition coefficient (Wildman–Crippen LogP) is 3.53. The zero-order valence-electron chi connectivity index (χ0n) is 15.4. The Morgan fingerprint density at radius 2 is 1.85 bits per heavy atom. The van der Waals surface area contributed by atoms with Crippen molar-refractivity contribution < 1.29 is 9.53 Å². The fourth-order valence-corrected chi connectivity index (χ4v) is 3.58. The minimum absolute atomic E-state index is 0.151. The summed E-state index contributed by atoms with van der Waals surface area (Å²) in [6.07, 6.45) is 0. The number of hydrogen-bond donors (Lipinski definition) is 1. The summed E-state index contributed by atoms with van der Waals surface area (Å²) in [5, 5.41) is 12.3. The van der Waals surface area contributed by atoms with Gasteiger partial charge in [-0.2, -0.15) is 0 Å². The maximum Gasteiger partial charge on any atom is 0.251 e. The van der Waals surface area contributed by atoms with Gasteiger partial charge in [-0.25, -0.2) is 0 Å². The zero-order valence-corrected chi connectivity index (χ0v) is 16.2. The number of hydrogen-bond acceptors (Lipinski definition) is 5. The normalized spacial score (nSPS) is 10.6. The second-order valence-corrected chi connectivity index (χ2v) is 6.77. The Morgan fingerprint density at radius 1 is 1.11 bits per heavy atom. The maximum atomic E-state index is 12.3. The molecule has 7 heteroatoms. The molecule has 140 valence electrons. The van der Waals surface area contributed by atoms with Crippen molar-refractivity contribution in [1.82, 2.24) is 20.1 Å². The molecule has 0 aliphatic carbocycles. The van der Waals surface area contributed by atoms with E-state index in [-0.39, 0.29) is 5.91 Å². The van der Waals surface area contributed by atoms with Gasteiger partial charge in [0.05, 0.1) is 13.7 Å². The third kappa shape index (κ3) is 4.89. The van der Waals surface area contributed by atoms with Gasteiger partial charge in [0.1, 0.15) is 5.75 Å². The summed E-state index contributed by atoms with van der Waals surface area (Å²) in [6.45, 7) is 3.13. The summed E-state index contributed by atoms with van der Waals surface area (Å²) < 4.78 is 7.14. The first-order chi connectivity index (χ1) is 13.2. The molecule has 0 radical (unpaired) electrons. The van der Waals surface area contributed by atoms with E-state index in [0.717, 1.165) is 29.0 Å². The molecular formula is C20H22N4O2S. The first kappa shape index (κ1) is 19.0. The minimum atomic E-state index is -0.151. The van der Waals surface area contributed by atoms with Crippen molar-refractivity contribution in [3.8, 4) is 5.75 Å². The lowest BCUT2D eigenvalue weighted by Crippen LogP contribution is -2.24. The van der Waals surface area contributed by atoms with Gasteiger partial charge in [0.2, 0.25) is 0 Å². The Kier molecular flexibility index (Phi) is 6.49. The highest BCUT2D eigenvalue weighted by molar-refractivity contribution is 7.98. The first-order valence-corrected chi connectivity index (χ1v) is 9.71. The summed E-state index contributed by atoms with van der Waals surface area (Å²) in [7, 11) is 1.60. The standard InChI is InChI=1S/C20H22N4O2S/c1-3-24-18(13-21-19(25)16-9-11-17(26-2)12-10-16)22-23-20(24)27-14-15-7-5-4-6-8-15/h4-12H,3,13-14H2,1-2H3,(H,21,25). The minimum Gasteiger partial charge on any atom is -0.497 e. The van der Waals surface area contributed by atoms with E-state index in [2.05, 4.69) is 27.6 Å². The maximum absolute atomic E-state index is 12.3. The Hall–Kier alpha value is -2.80. The molecule has 0 saturated carbocycles. The third-order valence-corrected chi connectivity index (χ3v) is 5.12. The summed E-state index contributed by atoms with van der Waals surface area (Å²) in [6, 6.07) is 17.3.